The number of para-hydroxylation sites is 1. The zero-order valence-electron chi connectivity index (χ0n) is 15.2. The number of hydrogen-bond acceptors (Lipinski definition) is 5. The van der Waals surface area contributed by atoms with Crippen molar-refractivity contribution in [1.29, 1.82) is 0 Å². The van der Waals surface area contributed by atoms with Crippen LogP contribution >= 0.6 is 0 Å². The van der Waals surface area contributed by atoms with Crippen LogP contribution in [0.3, 0.4) is 0 Å². The minimum atomic E-state index is -0.533. The first-order chi connectivity index (χ1) is 13.0. The fraction of sp³-hybridized carbons (Fsp3) is 0.421. The first-order valence-electron chi connectivity index (χ1n) is 8.98. The van der Waals surface area contributed by atoms with Gasteiger partial charge in [-0.3, -0.25) is 14.3 Å². The smallest absolute Gasteiger partial charge is 0.258 e. The Morgan fingerprint density at radius 1 is 1.30 bits per heavy atom. The first kappa shape index (κ1) is 17.5. The maximum atomic E-state index is 13.1. The van der Waals surface area contributed by atoms with Gasteiger partial charge in [0.15, 0.2) is 0 Å². The number of rotatable bonds is 3. The number of carbonyl (C=O) groups is 2. The van der Waals surface area contributed by atoms with E-state index >= 15 is 0 Å². The second kappa shape index (κ2) is 7.03. The number of aromatic nitrogens is 2. The van der Waals surface area contributed by atoms with Gasteiger partial charge in [-0.2, -0.15) is 5.10 Å². The van der Waals surface area contributed by atoms with E-state index < -0.39 is 5.60 Å². The monoisotopic (exact) mass is 370 g/mol. The molecule has 3 heterocycles. The number of benzene rings is 1. The average molecular weight is 370 g/mol. The fourth-order valence-electron chi connectivity index (χ4n) is 3.58. The number of fused-ring (bicyclic) bond motifs is 1. The van der Waals surface area contributed by atoms with Gasteiger partial charge in [0.2, 0.25) is 5.91 Å². The summed E-state index contributed by atoms with van der Waals surface area (Å²) in [4.78, 5) is 27.2. The molecule has 1 spiro atoms. The molecule has 2 amide bonds. The summed E-state index contributed by atoms with van der Waals surface area (Å²) in [5.74, 6) is 0.104. The molecule has 1 fully saturated rings. The van der Waals surface area contributed by atoms with Gasteiger partial charge in [0.1, 0.15) is 17.9 Å². The number of amides is 2. The molecule has 0 radical (unpaired) electrons. The predicted octanol–water partition coefficient (Wildman–Crippen LogP) is 1.44. The zero-order valence-corrected chi connectivity index (χ0v) is 15.2. The molecule has 142 valence electrons. The Kier molecular flexibility index (Phi) is 4.57. The number of carbonyl (C=O) groups excluding carboxylic acids is 2. The van der Waals surface area contributed by atoms with E-state index in [0.717, 1.165) is 0 Å². The van der Waals surface area contributed by atoms with Crippen LogP contribution < -0.4 is 10.1 Å². The summed E-state index contributed by atoms with van der Waals surface area (Å²) in [6.07, 6.45) is 4.63. The van der Waals surface area contributed by atoms with Crippen LogP contribution in [0.2, 0.25) is 0 Å². The Morgan fingerprint density at radius 2 is 2.07 bits per heavy atom. The summed E-state index contributed by atoms with van der Waals surface area (Å²) in [5, 5.41) is 6.82. The van der Waals surface area contributed by atoms with Crippen LogP contribution in [-0.2, 0) is 16.6 Å². The molecule has 0 saturated carbocycles. The molecule has 0 aliphatic carbocycles. The Balaban J connectivity index is 1.58. The number of aryl methyl sites for hydroxylation is 1. The molecule has 1 saturated heterocycles. The van der Waals surface area contributed by atoms with Crippen LogP contribution in [0, 0.1) is 0 Å². The second-order valence-electron chi connectivity index (χ2n) is 7.01. The standard InChI is InChI=1S/C19H22N4O4/c1-22-11-14(10-20-22)21-17(24)12-23-13-19(6-8-26-9-7-19)27-16-5-3-2-4-15(16)18(23)25/h2-5,10-11H,6-9,12-13H2,1H3,(H,21,24). The van der Waals surface area contributed by atoms with Crippen LogP contribution in [0.4, 0.5) is 5.69 Å². The van der Waals surface area contributed by atoms with Gasteiger partial charge in [0.05, 0.1) is 37.2 Å². The highest BCUT2D eigenvalue weighted by atomic mass is 16.5. The van der Waals surface area contributed by atoms with Crippen molar-refractivity contribution in [2.24, 2.45) is 7.05 Å². The molecule has 4 rings (SSSR count). The number of anilines is 1. The van der Waals surface area contributed by atoms with Crippen molar-refractivity contribution in [1.82, 2.24) is 14.7 Å². The van der Waals surface area contributed by atoms with E-state index in [-0.39, 0.29) is 18.4 Å². The van der Waals surface area contributed by atoms with Crippen LogP contribution in [0.1, 0.15) is 23.2 Å². The molecule has 2 aliphatic heterocycles. The number of hydrogen-bond donors (Lipinski definition) is 1. The number of ether oxygens (including phenoxy) is 2. The van der Waals surface area contributed by atoms with Gasteiger partial charge in [0.25, 0.3) is 5.91 Å². The topological polar surface area (TPSA) is 85.7 Å². The number of nitrogens with one attached hydrogen (secondary N) is 1. The van der Waals surface area contributed by atoms with Gasteiger partial charge in [0, 0.05) is 26.1 Å². The van der Waals surface area contributed by atoms with Gasteiger partial charge < -0.3 is 19.7 Å². The molecule has 8 nitrogen and oxygen atoms in total. The van der Waals surface area contributed by atoms with E-state index in [9.17, 15) is 9.59 Å². The third kappa shape index (κ3) is 3.66. The molecular weight excluding hydrogens is 348 g/mol. The van der Waals surface area contributed by atoms with Gasteiger partial charge in [-0.1, -0.05) is 12.1 Å². The van der Waals surface area contributed by atoms with Crippen molar-refractivity contribution in [3.63, 3.8) is 0 Å². The Bertz CT molecular complexity index is 857. The third-order valence-electron chi connectivity index (χ3n) is 4.94. The van der Waals surface area contributed by atoms with E-state index in [1.165, 1.54) is 0 Å². The van der Waals surface area contributed by atoms with Gasteiger partial charge in [-0.15, -0.1) is 0 Å². The average Bonchev–Trinajstić information content (AvgIpc) is 3.02. The lowest BCUT2D eigenvalue weighted by Crippen LogP contribution is -2.52. The van der Waals surface area contributed by atoms with E-state index in [1.54, 1.807) is 41.2 Å². The molecule has 1 N–H and O–H groups in total. The largest absolute Gasteiger partial charge is 0.484 e. The molecule has 2 aromatic rings. The molecular formula is C19H22N4O4. The van der Waals surface area contributed by atoms with E-state index in [2.05, 4.69) is 10.4 Å². The molecule has 0 atom stereocenters. The van der Waals surface area contributed by atoms with E-state index in [4.69, 9.17) is 9.47 Å². The Labute approximate surface area is 157 Å². The van der Waals surface area contributed by atoms with Crippen LogP contribution in [-0.4, -0.2) is 58.4 Å². The lowest BCUT2D eigenvalue weighted by Gasteiger charge is -2.38. The van der Waals surface area contributed by atoms with Crippen molar-refractivity contribution in [2.45, 2.75) is 18.4 Å². The fourth-order valence-corrected chi connectivity index (χ4v) is 3.58. The van der Waals surface area contributed by atoms with Crippen LogP contribution in [0.15, 0.2) is 36.7 Å². The van der Waals surface area contributed by atoms with Crippen molar-refractivity contribution >= 4 is 17.5 Å². The molecule has 27 heavy (non-hydrogen) atoms. The highest BCUT2D eigenvalue weighted by Crippen LogP contribution is 2.34. The summed E-state index contributed by atoms with van der Waals surface area (Å²) >= 11 is 0. The first-order valence-corrected chi connectivity index (χ1v) is 8.98. The normalized spacial score (nSPS) is 18.6. The SMILES string of the molecule is Cn1cc(NC(=O)CN2CC3(CCOCC3)Oc3ccccc3C2=O)cn1. The van der Waals surface area contributed by atoms with Crippen molar-refractivity contribution in [3.8, 4) is 5.75 Å². The highest BCUT2D eigenvalue weighted by molar-refractivity contribution is 6.01. The Morgan fingerprint density at radius 3 is 2.81 bits per heavy atom. The van der Waals surface area contributed by atoms with E-state index in [0.29, 0.717) is 49.6 Å². The van der Waals surface area contributed by atoms with E-state index in [1.807, 2.05) is 12.1 Å². The molecule has 0 bridgehead atoms. The van der Waals surface area contributed by atoms with Crippen LogP contribution in [0.5, 0.6) is 5.75 Å². The summed E-state index contributed by atoms with van der Waals surface area (Å²) in [7, 11) is 1.77. The van der Waals surface area contributed by atoms with Crippen molar-refractivity contribution in [2.75, 3.05) is 31.6 Å². The highest BCUT2D eigenvalue weighted by Gasteiger charge is 2.42. The third-order valence-corrected chi connectivity index (χ3v) is 4.94. The van der Waals surface area contributed by atoms with Crippen molar-refractivity contribution in [3.05, 3.63) is 42.2 Å². The second-order valence-corrected chi connectivity index (χ2v) is 7.01. The maximum Gasteiger partial charge on any atom is 0.258 e. The molecule has 1 aromatic heterocycles. The lowest BCUT2D eigenvalue weighted by atomic mass is 9.93. The molecule has 8 heteroatoms. The quantitative estimate of drug-likeness (QED) is 0.884. The number of nitrogens with zero attached hydrogens (tertiary/aromatic N) is 3. The maximum absolute atomic E-state index is 13.1. The van der Waals surface area contributed by atoms with Gasteiger partial charge in [-0.05, 0) is 12.1 Å². The summed E-state index contributed by atoms with van der Waals surface area (Å²) in [5.41, 5.74) is 0.548. The summed E-state index contributed by atoms with van der Waals surface area (Å²) in [6.45, 7) is 1.45. The van der Waals surface area contributed by atoms with Gasteiger partial charge in [-0.25, -0.2) is 0 Å². The summed E-state index contributed by atoms with van der Waals surface area (Å²) < 4.78 is 13.4. The molecule has 2 aliphatic rings. The van der Waals surface area contributed by atoms with Gasteiger partial charge >= 0.3 is 0 Å². The van der Waals surface area contributed by atoms with Crippen LogP contribution in [0.25, 0.3) is 0 Å². The minimum Gasteiger partial charge on any atom is -0.484 e. The molecule has 0 unspecified atom stereocenters. The van der Waals surface area contributed by atoms with Crippen molar-refractivity contribution < 1.29 is 19.1 Å². The summed E-state index contributed by atoms with van der Waals surface area (Å²) in [6, 6.07) is 7.20. The Hall–Kier alpha value is -2.87. The molecule has 1 aromatic carbocycles. The minimum absolute atomic E-state index is 0.0476. The lowest BCUT2D eigenvalue weighted by molar-refractivity contribution is -0.117. The predicted molar refractivity (Wildman–Crippen MR) is 97.6 cm³/mol. The zero-order chi connectivity index (χ0) is 18.9.